The molecule has 3 rings (SSSR count). The van der Waals surface area contributed by atoms with E-state index in [-0.39, 0.29) is 10.6 Å². The van der Waals surface area contributed by atoms with Crippen molar-refractivity contribution in [3.8, 4) is 0 Å². The summed E-state index contributed by atoms with van der Waals surface area (Å²) in [5.74, 6) is 0.661. The maximum Gasteiger partial charge on any atom is 0.285 e. The van der Waals surface area contributed by atoms with Crippen LogP contribution in [0.4, 0.5) is 5.69 Å². The first-order chi connectivity index (χ1) is 9.74. The van der Waals surface area contributed by atoms with Crippen LogP contribution in [-0.4, -0.2) is 16.7 Å². The Bertz CT molecular complexity index is 643. The van der Waals surface area contributed by atoms with Crippen LogP contribution in [0.5, 0.6) is 0 Å². The number of hydrogen-bond donors (Lipinski definition) is 2. The zero-order valence-corrected chi connectivity index (χ0v) is 11.8. The Morgan fingerprint density at radius 3 is 2.70 bits per heavy atom. The molecule has 0 unspecified atom stereocenters. The van der Waals surface area contributed by atoms with E-state index >= 15 is 0 Å². The summed E-state index contributed by atoms with van der Waals surface area (Å²) in [6.07, 6.45) is 4.88. The number of aromatic amines is 1. The minimum Gasteiger partial charge on any atom is -0.382 e. The van der Waals surface area contributed by atoms with Gasteiger partial charge in [-0.15, -0.1) is 0 Å². The van der Waals surface area contributed by atoms with Gasteiger partial charge in [-0.1, -0.05) is 35.9 Å². The Morgan fingerprint density at radius 1 is 1.30 bits per heavy atom. The van der Waals surface area contributed by atoms with Crippen molar-refractivity contribution in [3.05, 3.63) is 57.0 Å². The van der Waals surface area contributed by atoms with Crippen molar-refractivity contribution in [2.75, 3.05) is 11.9 Å². The summed E-state index contributed by atoms with van der Waals surface area (Å²) in [7, 11) is 0. The van der Waals surface area contributed by atoms with Crippen molar-refractivity contribution in [2.24, 2.45) is 5.92 Å². The van der Waals surface area contributed by atoms with Crippen LogP contribution in [0.2, 0.25) is 5.02 Å². The van der Waals surface area contributed by atoms with Crippen molar-refractivity contribution in [1.82, 2.24) is 10.2 Å². The largest absolute Gasteiger partial charge is 0.382 e. The number of benzene rings is 1. The number of anilines is 1. The molecular formula is C15H16ClN3O. The minimum atomic E-state index is -0.357. The minimum absolute atomic E-state index is 0.176. The first kappa shape index (κ1) is 13.2. The van der Waals surface area contributed by atoms with E-state index in [1.54, 1.807) is 6.20 Å². The average molecular weight is 290 g/mol. The lowest BCUT2D eigenvalue weighted by atomic mass is 10.0. The maximum atomic E-state index is 11.3. The second-order valence-electron chi connectivity index (χ2n) is 5.19. The fourth-order valence-corrected chi connectivity index (χ4v) is 2.93. The average Bonchev–Trinajstić information content (AvgIpc) is 2.86. The molecule has 0 atom stereocenters. The number of aromatic nitrogens is 2. The van der Waals surface area contributed by atoms with E-state index in [0.29, 0.717) is 11.6 Å². The van der Waals surface area contributed by atoms with Gasteiger partial charge in [0.1, 0.15) is 5.02 Å². The monoisotopic (exact) mass is 289 g/mol. The predicted molar refractivity (Wildman–Crippen MR) is 80.3 cm³/mol. The molecule has 0 saturated carbocycles. The Labute approximate surface area is 122 Å². The van der Waals surface area contributed by atoms with E-state index in [1.165, 1.54) is 11.1 Å². The van der Waals surface area contributed by atoms with Gasteiger partial charge in [0.15, 0.2) is 0 Å². The Morgan fingerprint density at radius 2 is 2.00 bits per heavy atom. The number of fused-ring (bicyclic) bond motifs is 1. The third-order valence-electron chi connectivity index (χ3n) is 3.80. The van der Waals surface area contributed by atoms with Crippen molar-refractivity contribution < 1.29 is 0 Å². The molecule has 0 radical (unpaired) electrons. The normalized spacial score (nSPS) is 14.2. The molecule has 2 N–H and O–H groups in total. The SMILES string of the molecule is O=c1[nH]ncc(NCCC2Cc3ccccc3C2)c1Cl. The molecule has 0 aliphatic heterocycles. The number of halogens is 1. The Balaban J connectivity index is 1.55. The smallest absolute Gasteiger partial charge is 0.285 e. The quantitative estimate of drug-likeness (QED) is 0.910. The summed E-state index contributed by atoms with van der Waals surface area (Å²) in [6.45, 7) is 0.795. The van der Waals surface area contributed by atoms with Crippen LogP contribution >= 0.6 is 11.6 Å². The standard InChI is InChI=1S/C15H16ClN3O/c16-14-13(9-18-19-15(14)20)17-6-5-10-7-11-3-1-2-4-12(11)8-10/h1-4,9-10H,5-8H2,(H2,17,19,20). The highest BCUT2D eigenvalue weighted by atomic mass is 35.5. The molecule has 0 saturated heterocycles. The first-order valence-electron chi connectivity index (χ1n) is 6.78. The number of H-pyrrole nitrogens is 1. The number of rotatable bonds is 4. The second-order valence-corrected chi connectivity index (χ2v) is 5.56. The van der Waals surface area contributed by atoms with Crippen LogP contribution in [0.25, 0.3) is 0 Å². The zero-order valence-electron chi connectivity index (χ0n) is 11.0. The Kier molecular flexibility index (Phi) is 3.74. The molecule has 1 aromatic carbocycles. The summed E-state index contributed by atoms with van der Waals surface area (Å²) >= 11 is 5.92. The lowest BCUT2D eigenvalue weighted by Crippen LogP contribution is -2.14. The third kappa shape index (κ3) is 2.70. The first-order valence-corrected chi connectivity index (χ1v) is 7.15. The predicted octanol–water partition coefficient (Wildman–Crippen LogP) is 2.64. The molecular weight excluding hydrogens is 274 g/mol. The zero-order chi connectivity index (χ0) is 13.9. The van der Waals surface area contributed by atoms with E-state index in [1.807, 2.05) is 0 Å². The van der Waals surface area contributed by atoms with Gasteiger partial charge in [-0.05, 0) is 36.3 Å². The van der Waals surface area contributed by atoms with Gasteiger partial charge in [-0.25, -0.2) is 5.10 Å². The number of hydrogen-bond acceptors (Lipinski definition) is 3. The van der Waals surface area contributed by atoms with Gasteiger partial charge in [0.05, 0.1) is 11.9 Å². The molecule has 0 amide bonds. The molecule has 1 aliphatic carbocycles. The van der Waals surface area contributed by atoms with Gasteiger partial charge in [0, 0.05) is 6.54 Å². The van der Waals surface area contributed by atoms with Crippen LogP contribution in [0, 0.1) is 5.92 Å². The second kappa shape index (κ2) is 5.67. The van der Waals surface area contributed by atoms with Gasteiger partial charge in [0.25, 0.3) is 5.56 Å². The summed E-state index contributed by atoms with van der Waals surface area (Å²) in [4.78, 5) is 11.3. The fraction of sp³-hybridized carbons (Fsp3) is 0.333. The van der Waals surface area contributed by atoms with Crippen molar-refractivity contribution in [3.63, 3.8) is 0 Å². The summed E-state index contributed by atoms with van der Waals surface area (Å²) < 4.78 is 0. The van der Waals surface area contributed by atoms with Crippen LogP contribution in [0.15, 0.2) is 35.3 Å². The van der Waals surface area contributed by atoms with Gasteiger partial charge < -0.3 is 5.32 Å². The molecule has 0 bridgehead atoms. The van der Waals surface area contributed by atoms with Crippen molar-refractivity contribution >= 4 is 17.3 Å². The molecule has 0 fully saturated rings. The summed E-state index contributed by atoms with van der Waals surface area (Å²) in [5.41, 5.74) is 3.18. The summed E-state index contributed by atoms with van der Waals surface area (Å²) in [6, 6.07) is 8.61. The molecule has 1 aromatic heterocycles. The topological polar surface area (TPSA) is 57.8 Å². The van der Waals surface area contributed by atoms with E-state index < -0.39 is 0 Å². The highest BCUT2D eigenvalue weighted by molar-refractivity contribution is 6.32. The highest BCUT2D eigenvalue weighted by Crippen LogP contribution is 2.28. The molecule has 0 spiro atoms. The lowest BCUT2D eigenvalue weighted by molar-refractivity contribution is 0.530. The molecule has 2 aromatic rings. The Hall–Kier alpha value is -1.81. The van der Waals surface area contributed by atoms with Crippen molar-refractivity contribution in [2.45, 2.75) is 19.3 Å². The molecule has 20 heavy (non-hydrogen) atoms. The van der Waals surface area contributed by atoms with Crippen LogP contribution < -0.4 is 10.9 Å². The molecule has 4 nitrogen and oxygen atoms in total. The van der Waals surface area contributed by atoms with Gasteiger partial charge in [-0.3, -0.25) is 4.79 Å². The van der Waals surface area contributed by atoms with Gasteiger partial charge in [-0.2, -0.15) is 5.10 Å². The van der Waals surface area contributed by atoms with Crippen LogP contribution in [0.3, 0.4) is 0 Å². The highest BCUT2D eigenvalue weighted by Gasteiger charge is 2.20. The number of nitrogens with one attached hydrogen (secondary N) is 2. The van der Waals surface area contributed by atoms with Gasteiger partial charge in [0.2, 0.25) is 0 Å². The van der Waals surface area contributed by atoms with E-state index in [9.17, 15) is 4.79 Å². The van der Waals surface area contributed by atoms with Crippen LogP contribution in [-0.2, 0) is 12.8 Å². The van der Waals surface area contributed by atoms with Crippen molar-refractivity contribution in [1.29, 1.82) is 0 Å². The van der Waals surface area contributed by atoms with Gasteiger partial charge >= 0.3 is 0 Å². The lowest BCUT2D eigenvalue weighted by Gasteiger charge is -2.11. The summed E-state index contributed by atoms with van der Waals surface area (Å²) in [5, 5.41) is 9.42. The third-order valence-corrected chi connectivity index (χ3v) is 4.17. The van der Waals surface area contributed by atoms with E-state index in [0.717, 1.165) is 25.8 Å². The number of nitrogens with zero attached hydrogens (tertiary/aromatic N) is 1. The molecule has 5 heteroatoms. The fourth-order valence-electron chi connectivity index (χ4n) is 2.77. The molecule has 1 heterocycles. The van der Waals surface area contributed by atoms with E-state index in [4.69, 9.17) is 11.6 Å². The maximum absolute atomic E-state index is 11.3. The van der Waals surface area contributed by atoms with E-state index in [2.05, 4.69) is 39.8 Å². The molecule has 104 valence electrons. The van der Waals surface area contributed by atoms with Crippen LogP contribution in [0.1, 0.15) is 17.5 Å². The molecule has 1 aliphatic rings.